The molecular weight excluding hydrogens is 192 g/mol. The summed E-state index contributed by atoms with van der Waals surface area (Å²) >= 11 is 0. The van der Waals surface area contributed by atoms with Crippen molar-refractivity contribution in [3.8, 4) is 0 Å². The molecule has 0 aromatic heterocycles. The van der Waals surface area contributed by atoms with Crippen LogP contribution in [0.2, 0.25) is 0 Å². The van der Waals surface area contributed by atoms with Crippen LogP contribution in [0.4, 0.5) is 0 Å². The van der Waals surface area contributed by atoms with Gasteiger partial charge in [0.05, 0.1) is 11.7 Å². The van der Waals surface area contributed by atoms with Crippen LogP contribution in [0.1, 0.15) is 19.8 Å². The summed E-state index contributed by atoms with van der Waals surface area (Å²) in [4.78, 5) is 12.9. The zero-order valence-electron chi connectivity index (χ0n) is 9.23. The Morgan fingerprint density at radius 3 is 3.00 bits per heavy atom. The number of likely N-dealkylation sites (N-methyl/N-ethyl adjacent to an activating group) is 1. The maximum Gasteiger partial charge on any atom is 0.335 e. The Kier molecular flexibility index (Phi) is 4.37. The van der Waals surface area contributed by atoms with Crippen LogP contribution < -0.4 is 5.32 Å². The molecule has 0 radical (unpaired) electrons. The summed E-state index contributed by atoms with van der Waals surface area (Å²) in [6.45, 7) is 3.10. The molecule has 4 nitrogen and oxygen atoms in total. The van der Waals surface area contributed by atoms with E-state index < -0.39 is 5.97 Å². The molecule has 1 rings (SSSR count). The Labute approximate surface area is 90.3 Å². The number of dihydropyridines is 1. The minimum absolute atomic E-state index is 0.00681. The lowest BCUT2D eigenvalue weighted by atomic mass is 10.1. The van der Waals surface area contributed by atoms with E-state index in [4.69, 9.17) is 5.11 Å². The van der Waals surface area contributed by atoms with Crippen molar-refractivity contribution in [3.63, 3.8) is 0 Å². The largest absolute Gasteiger partial charge is 0.478 e. The van der Waals surface area contributed by atoms with Gasteiger partial charge in [0.2, 0.25) is 0 Å². The van der Waals surface area contributed by atoms with Crippen molar-refractivity contribution in [2.24, 2.45) is 0 Å². The SMILES string of the molecule is CCCCN(C)C1C=C(C(=O)O)C=CN1. The number of nitrogens with one attached hydrogen (secondary N) is 1. The summed E-state index contributed by atoms with van der Waals surface area (Å²) in [7, 11) is 1.99. The van der Waals surface area contributed by atoms with Crippen LogP contribution in [0.25, 0.3) is 0 Å². The molecule has 1 heterocycles. The van der Waals surface area contributed by atoms with Gasteiger partial charge in [0.25, 0.3) is 0 Å². The Hall–Kier alpha value is -1.29. The highest BCUT2D eigenvalue weighted by Crippen LogP contribution is 2.08. The van der Waals surface area contributed by atoms with Crippen LogP contribution in [0, 0.1) is 0 Å². The molecule has 0 fully saturated rings. The first kappa shape index (κ1) is 11.8. The molecule has 0 spiro atoms. The molecule has 1 aliphatic heterocycles. The number of rotatable bonds is 5. The molecule has 2 N–H and O–H groups in total. The number of unbranched alkanes of at least 4 members (excludes halogenated alkanes) is 1. The normalized spacial score (nSPS) is 19.9. The molecule has 1 atom stereocenters. The van der Waals surface area contributed by atoms with Gasteiger partial charge in [-0.3, -0.25) is 4.90 Å². The van der Waals surface area contributed by atoms with Crippen LogP contribution in [0.3, 0.4) is 0 Å². The van der Waals surface area contributed by atoms with E-state index in [0.29, 0.717) is 5.57 Å². The lowest BCUT2D eigenvalue weighted by Crippen LogP contribution is -2.41. The minimum atomic E-state index is -0.873. The maximum absolute atomic E-state index is 10.8. The van der Waals surface area contributed by atoms with Crippen LogP contribution in [-0.4, -0.2) is 35.7 Å². The second kappa shape index (κ2) is 5.56. The fourth-order valence-electron chi connectivity index (χ4n) is 1.45. The molecule has 4 heteroatoms. The Morgan fingerprint density at radius 1 is 1.67 bits per heavy atom. The molecule has 0 saturated heterocycles. The van der Waals surface area contributed by atoms with Gasteiger partial charge in [-0.1, -0.05) is 13.3 Å². The van der Waals surface area contributed by atoms with Gasteiger partial charge in [0, 0.05) is 6.54 Å². The molecule has 0 amide bonds. The van der Waals surface area contributed by atoms with Gasteiger partial charge < -0.3 is 10.4 Å². The fourth-order valence-corrected chi connectivity index (χ4v) is 1.45. The minimum Gasteiger partial charge on any atom is -0.478 e. The summed E-state index contributed by atoms with van der Waals surface area (Å²) in [5, 5.41) is 12.0. The average molecular weight is 210 g/mol. The molecule has 15 heavy (non-hydrogen) atoms. The predicted octanol–water partition coefficient (Wildman–Crippen LogP) is 1.17. The first-order valence-corrected chi connectivity index (χ1v) is 5.23. The molecule has 0 aliphatic carbocycles. The number of hydrogen-bond acceptors (Lipinski definition) is 3. The van der Waals surface area contributed by atoms with E-state index in [2.05, 4.69) is 17.1 Å². The highest BCUT2D eigenvalue weighted by atomic mass is 16.4. The van der Waals surface area contributed by atoms with Gasteiger partial charge in [0.15, 0.2) is 0 Å². The van der Waals surface area contributed by atoms with Crippen LogP contribution in [-0.2, 0) is 4.79 Å². The lowest BCUT2D eigenvalue weighted by Gasteiger charge is -2.27. The second-order valence-electron chi connectivity index (χ2n) is 3.71. The van der Waals surface area contributed by atoms with Crippen molar-refractivity contribution in [1.82, 2.24) is 10.2 Å². The van der Waals surface area contributed by atoms with Gasteiger partial charge in [-0.15, -0.1) is 0 Å². The molecule has 0 saturated carbocycles. The number of hydrogen-bond donors (Lipinski definition) is 2. The fraction of sp³-hybridized carbons (Fsp3) is 0.545. The van der Waals surface area contributed by atoms with Gasteiger partial charge in [-0.05, 0) is 31.8 Å². The summed E-state index contributed by atoms with van der Waals surface area (Å²) in [6.07, 6.45) is 7.26. The topological polar surface area (TPSA) is 52.6 Å². The van der Waals surface area contributed by atoms with E-state index in [1.807, 2.05) is 7.05 Å². The Balaban J connectivity index is 2.56. The van der Waals surface area contributed by atoms with Gasteiger partial charge in [-0.2, -0.15) is 0 Å². The third-order valence-corrected chi connectivity index (χ3v) is 2.45. The molecular formula is C11H18N2O2. The zero-order valence-corrected chi connectivity index (χ0v) is 9.23. The summed E-state index contributed by atoms with van der Waals surface area (Å²) < 4.78 is 0. The van der Waals surface area contributed by atoms with E-state index in [9.17, 15) is 4.79 Å². The molecule has 84 valence electrons. The summed E-state index contributed by atoms with van der Waals surface area (Å²) in [6, 6.07) is 0. The molecule has 0 bridgehead atoms. The number of carboxylic acids is 1. The standard InChI is InChI=1S/C11H18N2O2/c1-3-4-7-13(2)10-8-9(11(14)15)5-6-12-10/h5-6,8,10,12H,3-4,7H2,1-2H3,(H,14,15). The van der Waals surface area contributed by atoms with E-state index in [1.54, 1.807) is 18.4 Å². The third kappa shape index (κ3) is 3.40. The Bertz CT molecular complexity index is 284. The van der Waals surface area contributed by atoms with E-state index >= 15 is 0 Å². The molecule has 1 unspecified atom stereocenters. The first-order valence-electron chi connectivity index (χ1n) is 5.23. The summed E-state index contributed by atoms with van der Waals surface area (Å²) in [5.41, 5.74) is 0.349. The lowest BCUT2D eigenvalue weighted by molar-refractivity contribution is -0.132. The van der Waals surface area contributed by atoms with Crippen molar-refractivity contribution in [3.05, 3.63) is 23.9 Å². The number of carbonyl (C=O) groups is 1. The average Bonchev–Trinajstić information content (AvgIpc) is 2.26. The molecule has 0 aromatic rings. The Morgan fingerprint density at radius 2 is 2.40 bits per heavy atom. The van der Waals surface area contributed by atoms with E-state index in [-0.39, 0.29) is 6.17 Å². The highest BCUT2D eigenvalue weighted by Gasteiger charge is 2.16. The van der Waals surface area contributed by atoms with Gasteiger partial charge >= 0.3 is 5.97 Å². The van der Waals surface area contributed by atoms with Crippen LogP contribution >= 0.6 is 0 Å². The number of aliphatic carboxylic acids is 1. The summed E-state index contributed by atoms with van der Waals surface area (Å²) in [5.74, 6) is -0.873. The molecule has 0 aromatic carbocycles. The predicted molar refractivity (Wildman–Crippen MR) is 59.3 cm³/mol. The number of carboxylic acid groups (broad SMARTS) is 1. The van der Waals surface area contributed by atoms with Crippen molar-refractivity contribution in [2.45, 2.75) is 25.9 Å². The van der Waals surface area contributed by atoms with Crippen molar-refractivity contribution < 1.29 is 9.90 Å². The quantitative estimate of drug-likeness (QED) is 0.715. The first-order chi connectivity index (χ1) is 7.15. The third-order valence-electron chi connectivity index (χ3n) is 2.45. The zero-order chi connectivity index (χ0) is 11.3. The smallest absolute Gasteiger partial charge is 0.335 e. The van der Waals surface area contributed by atoms with Crippen molar-refractivity contribution in [1.29, 1.82) is 0 Å². The maximum atomic E-state index is 10.8. The second-order valence-corrected chi connectivity index (χ2v) is 3.71. The van der Waals surface area contributed by atoms with E-state index in [1.165, 1.54) is 0 Å². The van der Waals surface area contributed by atoms with Crippen molar-refractivity contribution in [2.75, 3.05) is 13.6 Å². The highest BCUT2D eigenvalue weighted by molar-refractivity contribution is 5.90. The monoisotopic (exact) mass is 210 g/mol. The van der Waals surface area contributed by atoms with Gasteiger partial charge in [0.1, 0.15) is 0 Å². The van der Waals surface area contributed by atoms with Crippen LogP contribution in [0.15, 0.2) is 23.9 Å². The van der Waals surface area contributed by atoms with Gasteiger partial charge in [-0.25, -0.2) is 4.79 Å². The van der Waals surface area contributed by atoms with E-state index in [0.717, 1.165) is 19.4 Å². The van der Waals surface area contributed by atoms with Crippen LogP contribution in [0.5, 0.6) is 0 Å². The van der Waals surface area contributed by atoms with Crippen molar-refractivity contribution >= 4 is 5.97 Å². The number of nitrogens with zero attached hydrogens (tertiary/aromatic N) is 1. The molecule has 1 aliphatic rings.